The lowest BCUT2D eigenvalue weighted by Crippen LogP contribution is -2.33. The van der Waals surface area contributed by atoms with Gasteiger partial charge >= 0.3 is 0 Å². The summed E-state index contributed by atoms with van der Waals surface area (Å²) in [6.07, 6.45) is -0.136. The predicted octanol–water partition coefficient (Wildman–Crippen LogP) is 4.74. The first-order valence-electron chi connectivity index (χ1n) is 8.92. The molecule has 0 bridgehead atoms. The number of benzene rings is 2. The van der Waals surface area contributed by atoms with Crippen molar-refractivity contribution in [2.45, 2.75) is 39.0 Å². The molecule has 1 amide bonds. The number of rotatable bonds is 5. The molecule has 0 fully saturated rings. The quantitative estimate of drug-likeness (QED) is 0.611. The number of sulfonamides is 1. The van der Waals surface area contributed by atoms with Gasteiger partial charge in [0.05, 0.1) is 22.0 Å². The van der Waals surface area contributed by atoms with Gasteiger partial charge in [-0.25, -0.2) is 18.1 Å². The van der Waals surface area contributed by atoms with Crippen molar-refractivity contribution in [3.8, 4) is 10.6 Å². The molecular weight excluding hydrogens is 428 g/mol. The van der Waals surface area contributed by atoms with Crippen molar-refractivity contribution in [2.75, 3.05) is 0 Å². The van der Waals surface area contributed by atoms with Gasteiger partial charge in [0.1, 0.15) is 5.01 Å². The molecule has 0 spiro atoms. The maximum absolute atomic E-state index is 12.9. The highest BCUT2D eigenvalue weighted by Gasteiger charge is 2.24. The third-order valence-electron chi connectivity index (χ3n) is 4.81. The Bertz CT molecular complexity index is 1170. The molecule has 0 aliphatic heterocycles. The Morgan fingerprint density at radius 3 is 2.34 bits per heavy atom. The molecule has 5 nitrogen and oxygen atoms in total. The average Bonchev–Trinajstić information content (AvgIpc) is 3.08. The topological polar surface area (TPSA) is 76.1 Å². The summed E-state index contributed by atoms with van der Waals surface area (Å²) in [6, 6.07) is 9.25. The molecule has 2 aromatic carbocycles. The van der Waals surface area contributed by atoms with Crippen LogP contribution in [0.25, 0.3) is 10.6 Å². The lowest BCUT2D eigenvalue weighted by atomic mass is 10.0. The van der Waals surface area contributed by atoms with Crippen LogP contribution in [0.5, 0.6) is 0 Å². The second-order valence-electron chi connectivity index (χ2n) is 6.92. The fraction of sp³-hybridized carbons (Fsp3) is 0.238. The van der Waals surface area contributed by atoms with Crippen LogP contribution in [0.1, 0.15) is 27.9 Å². The van der Waals surface area contributed by atoms with Gasteiger partial charge in [0.25, 0.3) is 10.0 Å². The molecule has 0 unspecified atom stereocenters. The number of nitrogens with one attached hydrogen (secondary N) is 1. The molecule has 0 saturated carbocycles. The molecular formula is C21H21ClN2O3S2. The summed E-state index contributed by atoms with van der Waals surface area (Å²) in [5.74, 6) is -0.626. The van der Waals surface area contributed by atoms with Crippen LogP contribution >= 0.6 is 22.9 Å². The number of amides is 1. The highest BCUT2D eigenvalue weighted by molar-refractivity contribution is 7.90. The van der Waals surface area contributed by atoms with Crippen molar-refractivity contribution >= 4 is 38.9 Å². The van der Waals surface area contributed by atoms with E-state index in [-0.39, 0.29) is 11.3 Å². The summed E-state index contributed by atoms with van der Waals surface area (Å²) in [4.78, 5) is 17.0. The molecule has 3 aromatic rings. The lowest BCUT2D eigenvalue weighted by Gasteiger charge is -2.16. The fourth-order valence-electron chi connectivity index (χ4n) is 3.13. The molecule has 0 saturated heterocycles. The van der Waals surface area contributed by atoms with Gasteiger partial charge in [0.2, 0.25) is 5.91 Å². The molecule has 0 atom stereocenters. The number of halogens is 1. The first-order valence-corrected chi connectivity index (χ1v) is 11.7. The zero-order valence-electron chi connectivity index (χ0n) is 16.5. The van der Waals surface area contributed by atoms with Gasteiger partial charge in [0.15, 0.2) is 0 Å². The number of hydrogen-bond donors (Lipinski definition) is 1. The van der Waals surface area contributed by atoms with Gasteiger partial charge in [-0.2, -0.15) is 0 Å². The summed E-state index contributed by atoms with van der Waals surface area (Å²) < 4.78 is 28.0. The van der Waals surface area contributed by atoms with Crippen LogP contribution in [-0.2, 0) is 21.2 Å². The van der Waals surface area contributed by atoms with Crippen LogP contribution in [0.15, 0.2) is 40.6 Å². The number of carbonyl (C=O) groups is 1. The number of aryl methyl sites for hydroxylation is 2. The van der Waals surface area contributed by atoms with Crippen LogP contribution in [-0.4, -0.2) is 19.3 Å². The van der Waals surface area contributed by atoms with Crippen molar-refractivity contribution in [2.24, 2.45) is 0 Å². The Kier molecular flexibility index (Phi) is 6.12. The zero-order chi connectivity index (χ0) is 21.3. The SMILES string of the molecule is Cc1cc(C)c(C)c(S(=O)(=O)NC(=O)Cc2csc(-c3ccccc3Cl)n2)c1C. The van der Waals surface area contributed by atoms with Crippen molar-refractivity contribution < 1.29 is 13.2 Å². The number of aromatic nitrogens is 1. The second-order valence-corrected chi connectivity index (χ2v) is 9.80. The molecule has 0 aliphatic rings. The average molecular weight is 449 g/mol. The van der Waals surface area contributed by atoms with Crippen molar-refractivity contribution in [1.82, 2.24) is 9.71 Å². The molecule has 1 N–H and O–H groups in total. The largest absolute Gasteiger partial charge is 0.274 e. The van der Waals surface area contributed by atoms with E-state index < -0.39 is 15.9 Å². The minimum Gasteiger partial charge on any atom is -0.274 e. The number of hydrogen-bond acceptors (Lipinski definition) is 5. The Morgan fingerprint density at radius 1 is 1.10 bits per heavy atom. The molecule has 0 aliphatic carbocycles. The minimum absolute atomic E-state index is 0.136. The Balaban J connectivity index is 1.81. The minimum atomic E-state index is -3.98. The molecule has 1 aromatic heterocycles. The highest BCUT2D eigenvalue weighted by Crippen LogP contribution is 2.30. The Morgan fingerprint density at radius 2 is 1.72 bits per heavy atom. The molecule has 0 radical (unpaired) electrons. The smallest absolute Gasteiger partial charge is 0.264 e. The summed E-state index contributed by atoms with van der Waals surface area (Å²) in [6.45, 7) is 7.20. The summed E-state index contributed by atoms with van der Waals surface area (Å²) in [5, 5.41) is 2.99. The molecule has 29 heavy (non-hydrogen) atoms. The molecule has 1 heterocycles. The van der Waals surface area contributed by atoms with Gasteiger partial charge in [-0.1, -0.05) is 35.9 Å². The van der Waals surface area contributed by atoms with E-state index in [0.29, 0.717) is 26.9 Å². The van der Waals surface area contributed by atoms with Crippen LogP contribution in [0, 0.1) is 27.7 Å². The van der Waals surface area contributed by atoms with E-state index in [1.54, 1.807) is 25.3 Å². The van der Waals surface area contributed by atoms with Crippen molar-refractivity contribution in [3.63, 3.8) is 0 Å². The van der Waals surface area contributed by atoms with Gasteiger partial charge < -0.3 is 0 Å². The van der Waals surface area contributed by atoms with Gasteiger partial charge in [-0.3, -0.25) is 4.79 Å². The van der Waals surface area contributed by atoms with Gasteiger partial charge in [-0.15, -0.1) is 11.3 Å². The standard InChI is InChI=1S/C21H21ClN2O3S2/c1-12-9-13(2)15(4)20(14(12)3)29(26,27)24-19(25)10-16-11-28-21(23-16)17-7-5-6-8-18(17)22/h5-9,11H,10H2,1-4H3,(H,24,25). The third kappa shape index (κ3) is 4.52. The Labute approximate surface area is 179 Å². The first-order chi connectivity index (χ1) is 13.6. The van der Waals surface area contributed by atoms with Crippen LogP contribution < -0.4 is 4.72 Å². The van der Waals surface area contributed by atoms with Gasteiger partial charge in [-0.05, 0) is 56.0 Å². The third-order valence-corrected chi connectivity index (χ3v) is 7.71. The first kappa shape index (κ1) is 21.5. The predicted molar refractivity (Wildman–Crippen MR) is 117 cm³/mol. The molecule has 8 heteroatoms. The Hall–Kier alpha value is -2.22. The van der Waals surface area contributed by atoms with Crippen molar-refractivity contribution in [3.05, 3.63) is 68.7 Å². The molecule has 152 valence electrons. The van der Waals surface area contributed by atoms with E-state index in [0.717, 1.165) is 16.7 Å². The van der Waals surface area contributed by atoms with Gasteiger partial charge in [0, 0.05) is 10.9 Å². The van der Waals surface area contributed by atoms with E-state index in [4.69, 9.17) is 11.6 Å². The van der Waals surface area contributed by atoms with E-state index in [1.165, 1.54) is 11.3 Å². The lowest BCUT2D eigenvalue weighted by molar-refractivity contribution is -0.118. The summed E-state index contributed by atoms with van der Waals surface area (Å²) in [7, 11) is -3.98. The number of carbonyl (C=O) groups excluding carboxylic acids is 1. The van der Waals surface area contributed by atoms with E-state index >= 15 is 0 Å². The van der Waals surface area contributed by atoms with E-state index in [2.05, 4.69) is 9.71 Å². The summed E-state index contributed by atoms with van der Waals surface area (Å²) >= 11 is 7.55. The van der Waals surface area contributed by atoms with E-state index in [1.807, 2.05) is 38.1 Å². The van der Waals surface area contributed by atoms with E-state index in [9.17, 15) is 13.2 Å². The van der Waals surface area contributed by atoms with Crippen LogP contribution in [0.3, 0.4) is 0 Å². The zero-order valence-corrected chi connectivity index (χ0v) is 18.9. The van der Waals surface area contributed by atoms with Crippen LogP contribution in [0.2, 0.25) is 5.02 Å². The summed E-state index contributed by atoms with van der Waals surface area (Å²) in [5.41, 5.74) is 4.28. The monoisotopic (exact) mass is 448 g/mol. The fourth-order valence-corrected chi connectivity index (χ4v) is 5.87. The highest BCUT2D eigenvalue weighted by atomic mass is 35.5. The number of thiazole rings is 1. The molecule has 3 rings (SSSR count). The number of nitrogens with zero attached hydrogens (tertiary/aromatic N) is 1. The maximum atomic E-state index is 12.9. The van der Waals surface area contributed by atoms with Crippen molar-refractivity contribution in [1.29, 1.82) is 0 Å². The second kappa shape index (κ2) is 8.26. The van der Waals surface area contributed by atoms with Crippen LogP contribution in [0.4, 0.5) is 0 Å². The normalized spacial score (nSPS) is 11.5. The maximum Gasteiger partial charge on any atom is 0.264 e.